The Kier molecular flexibility index (Phi) is 3.84. The zero-order chi connectivity index (χ0) is 12.3. The van der Waals surface area contributed by atoms with Crippen molar-refractivity contribution >= 4 is 5.95 Å². The first kappa shape index (κ1) is 12.2. The molecule has 2 rings (SSSR count). The van der Waals surface area contributed by atoms with Crippen molar-refractivity contribution in [2.24, 2.45) is 0 Å². The summed E-state index contributed by atoms with van der Waals surface area (Å²) in [6, 6.07) is 0.411. The molecule has 0 aromatic carbocycles. The molecule has 17 heavy (non-hydrogen) atoms. The summed E-state index contributed by atoms with van der Waals surface area (Å²) >= 11 is 0. The van der Waals surface area contributed by atoms with Crippen molar-refractivity contribution in [3.05, 3.63) is 24.5 Å². The summed E-state index contributed by atoms with van der Waals surface area (Å²) in [5.41, 5.74) is 1.04. The van der Waals surface area contributed by atoms with Crippen LogP contribution in [0.4, 0.5) is 5.95 Å². The molecule has 1 aliphatic rings. The van der Waals surface area contributed by atoms with Crippen LogP contribution in [0.3, 0.4) is 0 Å². The molecule has 0 aliphatic heterocycles. The molecule has 1 aromatic heterocycles. The Morgan fingerprint density at radius 3 is 3.18 bits per heavy atom. The number of hydrogen-bond donors (Lipinski definition) is 1. The zero-order valence-electron chi connectivity index (χ0n) is 10.6. The van der Waals surface area contributed by atoms with Gasteiger partial charge in [-0.05, 0) is 26.2 Å². The lowest BCUT2D eigenvalue weighted by Crippen LogP contribution is -2.21. The minimum absolute atomic E-state index is 0.313. The molecule has 1 aromatic rings. The molecule has 1 fully saturated rings. The zero-order valence-corrected chi connectivity index (χ0v) is 10.6. The van der Waals surface area contributed by atoms with E-state index in [-0.39, 0.29) is 0 Å². The van der Waals surface area contributed by atoms with E-state index in [1.54, 1.807) is 7.11 Å². The van der Waals surface area contributed by atoms with Crippen LogP contribution in [0, 0.1) is 6.92 Å². The maximum absolute atomic E-state index is 5.55. The van der Waals surface area contributed by atoms with Gasteiger partial charge in [-0.25, -0.2) is 4.98 Å². The Morgan fingerprint density at radius 2 is 2.47 bits per heavy atom. The molecule has 1 saturated carbocycles. The normalized spacial score (nSPS) is 23.9. The Labute approximate surface area is 103 Å². The number of aryl methyl sites for hydroxylation is 1. The van der Waals surface area contributed by atoms with E-state index >= 15 is 0 Å². The topological polar surface area (TPSA) is 39.1 Å². The number of rotatable bonds is 5. The first-order chi connectivity index (χ1) is 8.26. The highest BCUT2D eigenvalue weighted by Crippen LogP contribution is 2.34. The SMILES string of the molecule is C=CCNc1nc(C)cn1C1CCCC1OC. The van der Waals surface area contributed by atoms with Crippen LogP contribution in [0.25, 0.3) is 0 Å². The van der Waals surface area contributed by atoms with Crippen LogP contribution in [0.1, 0.15) is 31.0 Å². The summed E-state index contributed by atoms with van der Waals surface area (Å²) in [7, 11) is 1.80. The van der Waals surface area contributed by atoms with Gasteiger partial charge < -0.3 is 14.6 Å². The monoisotopic (exact) mass is 235 g/mol. The quantitative estimate of drug-likeness (QED) is 0.797. The molecule has 4 nitrogen and oxygen atoms in total. The Balaban J connectivity index is 2.20. The highest BCUT2D eigenvalue weighted by Gasteiger charge is 2.30. The first-order valence-corrected chi connectivity index (χ1v) is 6.19. The number of ether oxygens (including phenoxy) is 1. The lowest BCUT2D eigenvalue weighted by Gasteiger charge is -2.21. The van der Waals surface area contributed by atoms with Gasteiger partial charge in [-0.1, -0.05) is 6.08 Å². The van der Waals surface area contributed by atoms with Gasteiger partial charge in [-0.15, -0.1) is 6.58 Å². The molecule has 0 radical (unpaired) electrons. The lowest BCUT2D eigenvalue weighted by molar-refractivity contribution is 0.0755. The molecule has 0 spiro atoms. The predicted octanol–water partition coefficient (Wildman–Crippen LogP) is 2.53. The van der Waals surface area contributed by atoms with E-state index in [0.717, 1.165) is 31.0 Å². The number of nitrogens with zero attached hydrogens (tertiary/aromatic N) is 2. The van der Waals surface area contributed by atoms with Gasteiger partial charge in [0.1, 0.15) is 0 Å². The van der Waals surface area contributed by atoms with Crippen molar-refractivity contribution in [2.45, 2.75) is 38.3 Å². The van der Waals surface area contributed by atoms with Gasteiger partial charge in [0.2, 0.25) is 5.95 Å². The lowest BCUT2D eigenvalue weighted by atomic mass is 10.2. The van der Waals surface area contributed by atoms with E-state index in [0.29, 0.717) is 12.1 Å². The van der Waals surface area contributed by atoms with Crippen LogP contribution in [-0.2, 0) is 4.74 Å². The third kappa shape index (κ3) is 2.52. The summed E-state index contributed by atoms with van der Waals surface area (Å²) in [4.78, 5) is 4.51. The van der Waals surface area contributed by atoms with Gasteiger partial charge in [0, 0.05) is 19.9 Å². The van der Waals surface area contributed by atoms with Gasteiger partial charge in [-0.2, -0.15) is 0 Å². The van der Waals surface area contributed by atoms with Crippen LogP contribution < -0.4 is 5.32 Å². The summed E-state index contributed by atoms with van der Waals surface area (Å²) in [6.07, 6.45) is 7.79. The summed E-state index contributed by atoms with van der Waals surface area (Å²) in [5, 5.41) is 3.28. The number of imidazole rings is 1. The van der Waals surface area contributed by atoms with Gasteiger partial charge >= 0.3 is 0 Å². The van der Waals surface area contributed by atoms with Crippen LogP contribution >= 0.6 is 0 Å². The molecule has 1 N–H and O–H groups in total. The fraction of sp³-hybridized carbons (Fsp3) is 0.615. The van der Waals surface area contributed by atoms with Crippen molar-refractivity contribution in [1.82, 2.24) is 9.55 Å². The minimum Gasteiger partial charge on any atom is -0.379 e. The molecule has 94 valence electrons. The minimum atomic E-state index is 0.313. The number of nitrogens with one attached hydrogen (secondary N) is 1. The molecule has 0 saturated heterocycles. The predicted molar refractivity (Wildman–Crippen MR) is 69.3 cm³/mol. The summed E-state index contributed by atoms with van der Waals surface area (Å²) in [5.74, 6) is 0.927. The van der Waals surface area contributed by atoms with Crippen molar-refractivity contribution < 1.29 is 4.74 Å². The molecule has 1 aliphatic carbocycles. The van der Waals surface area contributed by atoms with Crippen molar-refractivity contribution in [3.8, 4) is 0 Å². The van der Waals surface area contributed by atoms with E-state index in [1.807, 2.05) is 13.0 Å². The standard InChI is InChI=1S/C13H21N3O/c1-4-8-14-13-15-10(2)9-16(13)11-6-5-7-12(11)17-3/h4,9,11-12H,1,5-8H2,2-3H3,(H,14,15). The summed E-state index contributed by atoms with van der Waals surface area (Å²) in [6.45, 7) is 6.47. The first-order valence-electron chi connectivity index (χ1n) is 6.19. The van der Waals surface area contributed by atoms with E-state index in [9.17, 15) is 0 Å². The van der Waals surface area contributed by atoms with Crippen LogP contribution in [0.2, 0.25) is 0 Å². The fourth-order valence-electron chi connectivity index (χ4n) is 2.56. The van der Waals surface area contributed by atoms with Crippen LogP contribution in [0.15, 0.2) is 18.9 Å². The fourth-order valence-corrected chi connectivity index (χ4v) is 2.56. The van der Waals surface area contributed by atoms with Gasteiger partial charge in [0.05, 0.1) is 17.8 Å². The Morgan fingerprint density at radius 1 is 1.65 bits per heavy atom. The second kappa shape index (κ2) is 5.36. The van der Waals surface area contributed by atoms with E-state index in [1.165, 1.54) is 6.42 Å². The van der Waals surface area contributed by atoms with Crippen molar-refractivity contribution in [2.75, 3.05) is 19.0 Å². The Bertz CT molecular complexity index is 386. The average molecular weight is 235 g/mol. The van der Waals surface area contributed by atoms with Gasteiger partial charge in [0.15, 0.2) is 0 Å². The van der Waals surface area contributed by atoms with Crippen LogP contribution in [0.5, 0.6) is 0 Å². The third-order valence-corrected chi connectivity index (χ3v) is 3.33. The highest BCUT2D eigenvalue weighted by molar-refractivity contribution is 5.31. The second-order valence-corrected chi connectivity index (χ2v) is 4.56. The molecule has 0 bridgehead atoms. The smallest absolute Gasteiger partial charge is 0.203 e. The second-order valence-electron chi connectivity index (χ2n) is 4.56. The number of methoxy groups -OCH3 is 1. The molecular formula is C13H21N3O. The molecular weight excluding hydrogens is 214 g/mol. The van der Waals surface area contributed by atoms with Crippen molar-refractivity contribution in [3.63, 3.8) is 0 Å². The maximum atomic E-state index is 5.55. The van der Waals surface area contributed by atoms with Crippen molar-refractivity contribution in [1.29, 1.82) is 0 Å². The highest BCUT2D eigenvalue weighted by atomic mass is 16.5. The third-order valence-electron chi connectivity index (χ3n) is 3.33. The Hall–Kier alpha value is -1.29. The summed E-state index contributed by atoms with van der Waals surface area (Å²) < 4.78 is 7.77. The van der Waals surface area contributed by atoms with E-state index in [2.05, 4.69) is 27.6 Å². The molecule has 2 atom stereocenters. The number of anilines is 1. The number of aromatic nitrogens is 2. The van der Waals surface area contributed by atoms with E-state index < -0.39 is 0 Å². The largest absolute Gasteiger partial charge is 0.379 e. The molecule has 4 heteroatoms. The maximum Gasteiger partial charge on any atom is 0.203 e. The molecule has 2 unspecified atom stereocenters. The molecule has 0 amide bonds. The molecule has 1 heterocycles. The average Bonchev–Trinajstić information content (AvgIpc) is 2.91. The van der Waals surface area contributed by atoms with Gasteiger partial charge in [0.25, 0.3) is 0 Å². The van der Waals surface area contributed by atoms with Crippen LogP contribution in [-0.4, -0.2) is 29.3 Å². The van der Waals surface area contributed by atoms with Gasteiger partial charge in [-0.3, -0.25) is 0 Å². The van der Waals surface area contributed by atoms with E-state index in [4.69, 9.17) is 4.74 Å². The number of hydrogen-bond acceptors (Lipinski definition) is 3.